The standard InChI is InChI=1S/C12H16N2O3/c1-16-11-4-2-3-9(5-11)7-14-10(6-13)8-17-12(14)15/h2-5,10H,6-8,13H2,1H3. The van der Waals surface area contributed by atoms with Crippen molar-refractivity contribution in [2.45, 2.75) is 12.6 Å². The number of nitrogens with two attached hydrogens (primary N) is 1. The maximum atomic E-state index is 11.5. The van der Waals surface area contributed by atoms with E-state index in [2.05, 4.69) is 0 Å². The molecule has 1 amide bonds. The summed E-state index contributed by atoms with van der Waals surface area (Å²) in [6, 6.07) is 7.58. The van der Waals surface area contributed by atoms with Crippen LogP contribution in [0.5, 0.6) is 5.75 Å². The Labute approximate surface area is 100 Å². The van der Waals surface area contributed by atoms with Crippen LogP contribution in [0.4, 0.5) is 4.79 Å². The molecule has 17 heavy (non-hydrogen) atoms. The van der Waals surface area contributed by atoms with Gasteiger partial charge < -0.3 is 15.2 Å². The summed E-state index contributed by atoms with van der Waals surface area (Å²) < 4.78 is 10.1. The van der Waals surface area contributed by atoms with Crippen LogP contribution in [-0.2, 0) is 11.3 Å². The molecule has 1 fully saturated rings. The largest absolute Gasteiger partial charge is 0.497 e. The third kappa shape index (κ3) is 2.50. The molecular formula is C12H16N2O3. The second-order valence-corrected chi connectivity index (χ2v) is 3.95. The van der Waals surface area contributed by atoms with Gasteiger partial charge in [0.05, 0.1) is 13.2 Å². The van der Waals surface area contributed by atoms with Crippen molar-refractivity contribution in [2.24, 2.45) is 5.73 Å². The smallest absolute Gasteiger partial charge is 0.410 e. The first kappa shape index (κ1) is 11.7. The SMILES string of the molecule is COc1cccc(CN2C(=O)OCC2CN)c1. The zero-order valence-corrected chi connectivity index (χ0v) is 9.76. The minimum atomic E-state index is -0.303. The quantitative estimate of drug-likeness (QED) is 0.846. The predicted molar refractivity (Wildman–Crippen MR) is 62.7 cm³/mol. The van der Waals surface area contributed by atoms with Crippen LogP contribution in [0, 0.1) is 0 Å². The average Bonchev–Trinajstić information content (AvgIpc) is 2.71. The van der Waals surface area contributed by atoms with Gasteiger partial charge in [-0.25, -0.2) is 4.79 Å². The Morgan fingerprint density at radius 1 is 1.59 bits per heavy atom. The molecule has 0 aliphatic carbocycles. The zero-order chi connectivity index (χ0) is 12.3. The molecule has 1 heterocycles. The molecule has 1 aliphatic rings. The predicted octanol–water partition coefficient (Wildman–Crippen LogP) is 0.975. The molecule has 0 saturated carbocycles. The Hall–Kier alpha value is -1.75. The van der Waals surface area contributed by atoms with Crippen molar-refractivity contribution in [3.8, 4) is 5.75 Å². The second-order valence-electron chi connectivity index (χ2n) is 3.95. The molecule has 1 saturated heterocycles. The van der Waals surface area contributed by atoms with E-state index in [9.17, 15) is 4.79 Å². The highest BCUT2D eigenvalue weighted by atomic mass is 16.6. The molecule has 2 rings (SSSR count). The highest BCUT2D eigenvalue weighted by Crippen LogP contribution is 2.19. The van der Waals surface area contributed by atoms with Gasteiger partial charge >= 0.3 is 6.09 Å². The van der Waals surface area contributed by atoms with Gasteiger partial charge in [0.1, 0.15) is 12.4 Å². The molecule has 2 N–H and O–H groups in total. The molecule has 5 nitrogen and oxygen atoms in total. The third-order valence-electron chi connectivity index (χ3n) is 2.83. The van der Waals surface area contributed by atoms with Crippen molar-refractivity contribution in [1.29, 1.82) is 0 Å². The Morgan fingerprint density at radius 3 is 3.12 bits per heavy atom. The van der Waals surface area contributed by atoms with Gasteiger partial charge in [0, 0.05) is 13.1 Å². The fourth-order valence-corrected chi connectivity index (χ4v) is 1.85. The van der Waals surface area contributed by atoms with E-state index in [1.165, 1.54) is 0 Å². The minimum absolute atomic E-state index is 0.0336. The number of carbonyl (C=O) groups is 1. The zero-order valence-electron chi connectivity index (χ0n) is 9.76. The van der Waals surface area contributed by atoms with Crippen molar-refractivity contribution in [2.75, 3.05) is 20.3 Å². The molecule has 1 atom stereocenters. The Kier molecular flexibility index (Phi) is 3.49. The van der Waals surface area contributed by atoms with E-state index in [0.29, 0.717) is 19.7 Å². The van der Waals surface area contributed by atoms with E-state index >= 15 is 0 Å². The van der Waals surface area contributed by atoms with Gasteiger partial charge in [-0.1, -0.05) is 12.1 Å². The van der Waals surface area contributed by atoms with Gasteiger partial charge in [-0.2, -0.15) is 0 Å². The van der Waals surface area contributed by atoms with E-state index < -0.39 is 0 Å². The fraction of sp³-hybridized carbons (Fsp3) is 0.417. The summed E-state index contributed by atoms with van der Waals surface area (Å²) in [7, 11) is 1.62. The third-order valence-corrected chi connectivity index (χ3v) is 2.83. The number of methoxy groups -OCH3 is 1. The summed E-state index contributed by atoms with van der Waals surface area (Å²) in [5.74, 6) is 0.777. The van der Waals surface area contributed by atoms with E-state index in [4.69, 9.17) is 15.2 Å². The topological polar surface area (TPSA) is 64.8 Å². The molecule has 1 aromatic carbocycles. The van der Waals surface area contributed by atoms with Crippen LogP contribution in [0.2, 0.25) is 0 Å². The number of carbonyl (C=O) groups excluding carboxylic acids is 1. The van der Waals surface area contributed by atoms with Crippen molar-refractivity contribution < 1.29 is 14.3 Å². The maximum Gasteiger partial charge on any atom is 0.410 e. The molecule has 1 unspecified atom stereocenters. The Bertz CT molecular complexity index is 408. The molecule has 92 valence electrons. The first-order valence-electron chi connectivity index (χ1n) is 5.51. The van der Waals surface area contributed by atoms with Crippen LogP contribution >= 0.6 is 0 Å². The molecule has 1 aliphatic heterocycles. The van der Waals surface area contributed by atoms with Crippen LogP contribution in [-0.4, -0.2) is 37.3 Å². The average molecular weight is 236 g/mol. The van der Waals surface area contributed by atoms with E-state index in [1.54, 1.807) is 12.0 Å². The lowest BCUT2D eigenvalue weighted by Gasteiger charge is -2.20. The van der Waals surface area contributed by atoms with Gasteiger partial charge in [-0.05, 0) is 17.7 Å². The number of rotatable bonds is 4. The Balaban J connectivity index is 2.11. The number of hydrogen-bond acceptors (Lipinski definition) is 4. The lowest BCUT2D eigenvalue weighted by Crippen LogP contribution is -2.38. The summed E-state index contributed by atoms with van der Waals surface area (Å²) in [6.45, 7) is 1.28. The highest BCUT2D eigenvalue weighted by Gasteiger charge is 2.31. The number of benzene rings is 1. The molecule has 5 heteroatoms. The fourth-order valence-electron chi connectivity index (χ4n) is 1.85. The van der Waals surface area contributed by atoms with Crippen molar-refractivity contribution in [1.82, 2.24) is 4.90 Å². The van der Waals surface area contributed by atoms with Gasteiger partial charge in [-0.3, -0.25) is 4.90 Å². The van der Waals surface area contributed by atoms with E-state index in [1.807, 2.05) is 24.3 Å². The van der Waals surface area contributed by atoms with Gasteiger partial charge in [0.15, 0.2) is 0 Å². The van der Waals surface area contributed by atoms with E-state index in [0.717, 1.165) is 11.3 Å². The number of hydrogen-bond donors (Lipinski definition) is 1. The normalized spacial score (nSPS) is 19.3. The van der Waals surface area contributed by atoms with Crippen LogP contribution in [0.1, 0.15) is 5.56 Å². The second kappa shape index (κ2) is 5.05. The van der Waals surface area contributed by atoms with Crippen LogP contribution < -0.4 is 10.5 Å². The van der Waals surface area contributed by atoms with Crippen molar-refractivity contribution >= 4 is 6.09 Å². The van der Waals surface area contributed by atoms with Crippen LogP contribution in [0.3, 0.4) is 0 Å². The summed E-state index contributed by atoms with van der Waals surface area (Å²) in [4.78, 5) is 13.2. The molecule has 0 spiro atoms. The number of cyclic esters (lactones) is 1. The minimum Gasteiger partial charge on any atom is -0.497 e. The summed E-state index contributed by atoms with van der Waals surface area (Å²) in [5.41, 5.74) is 6.60. The first-order chi connectivity index (χ1) is 8.24. The molecular weight excluding hydrogens is 220 g/mol. The lowest BCUT2D eigenvalue weighted by molar-refractivity contribution is 0.156. The lowest BCUT2D eigenvalue weighted by atomic mass is 10.2. The van der Waals surface area contributed by atoms with Gasteiger partial charge in [-0.15, -0.1) is 0 Å². The highest BCUT2D eigenvalue weighted by molar-refractivity contribution is 5.70. The monoisotopic (exact) mass is 236 g/mol. The number of nitrogens with zero attached hydrogens (tertiary/aromatic N) is 1. The Morgan fingerprint density at radius 2 is 2.41 bits per heavy atom. The first-order valence-corrected chi connectivity index (χ1v) is 5.51. The molecule has 1 aromatic rings. The van der Waals surface area contributed by atoms with Crippen LogP contribution in [0.25, 0.3) is 0 Å². The van der Waals surface area contributed by atoms with Crippen molar-refractivity contribution in [3.05, 3.63) is 29.8 Å². The van der Waals surface area contributed by atoms with Gasteiger partial charge in [0.2, 0.25) is 0 Å². The number of amides is 1. The summed E-state index contributed by atoms with van der Waals surface area (Å²) >= 11 is 0. The number of ether oxygens (including phenoxy) is 2. The molecule has 0 radical (unpaired) electrons. The van der Waals surface area contributed by atoms with E-state index in [-0.39, 0.29) is 12.1 Å². The van der Waals surface area contributed by atoms with Crippen LogP contribution in [0.15, 0.2) is 24.3 Å². The van der Waals surface area contributed by atoms with Gasteiger partial charge in [0.25, 0.3) is 0 Å². The molecule has 0 aromatic heterocycles. The van der Waals surface area contributed by atoms with Crippen molar-refractivity contribution in [3.63, 3.8) is 0 Å². The summed E-state index contributed by atoms with van der Waals surface area (Å²) in [5, 5.41) is 0. The summed E-state index contributed by atoms with van der Waals surface area (Å²) in [6.07, 6.45) is -0.303. The molecule has 0 bridgehead atoms. The maximum absolute atomic E-state index is 11.5.